The minimum atomic E-state index is -3.97. The van der Waals surface area contributed by atoms with Crippen molar-refractivity contribution in [1.29, 1.82) is 0 Å². The molecule has 0 bridgehead atoms. The molecule has 2 aromatic carbocycles. The molecule has 0 spiro atoms. The van der Waals surface area contributed by atoms with E-state index in [0.717, 1.165) is 35.1 Å². The Kier molecular flexibility index (Phi) is 7.78. The Balaban J connectivity index is 1.49. The van der Waals surface area contributed by atoms with Gasteiger partial charge in [-0.3, -0.25) is 9.78 Å². The lowest BCUT2D eigenvalue weighted by atomic mass is 9.93. The van der Waals surface area contributed by atoms with Crippen LogP contribution < -0.4 is 4.74 Å². The average Bonchev–Trinajstić information content (AvgIpc) is 3.43. The topological polar surface area (TPSA) is 79.8 Å². The molecule has 0 N–H and O–H groups in total. The van der Waals surface area contributed by atoms with Crippen LogP contribution in [0, 0.1) is 0 Å². The highest BCUT2D eigenvalue weighted by atomic mass is 32.2. The maximum Gasteiger partial charge on any atom is 0.245 e. The highest BCUT2D eigenvalue weighted by Gasteiger charge is 2.36. The minimum Gasteiger partial charge on any atom is -0.497 e. The lowest BCUT2D eigenvalue weighted by Crippen LogP contribution is -2.47. The molecule has 4 aromatic rings. The summed E-state index contributed by atoms with van der Waals surface area (Å²) in [4.78, 5) is 21.5. The molecule has 0 radical (unpaired) electrons. The molecule has 9 heteroatoms. The number of thiophene rings is 1. The standard InChI is InChI=1S/C29H31N3O4S2/c1-3-4-17-31(38(34,35)26-9-5-7-21-8-6-16-30-28(21)26)20-27(33)32-18-14-25-24(15-19-37-25)29(32)22-10-12-23(36-2)13-11-22/h5-13,15-16,19,29H,3-4,14,17-18,20H2,1-2H3. The lowest BCUT2D eigenvalue weighted by Gasteiger charge is -2.37. The first kappa shape index (κ1) is 26.3. The number of rotatable bonds is 9. The van der Waals surface area contributed by atoms with Crippen LogP contribution in [0.25, 0.3) is 10.9 Å². The van der Waals surface area contributed by atoms with Crippen LogP contribution >= 0.6 is 11.3 Å². The first-order valence-electron chi connectivity index (χ1n) is 12.8. The Morgan fingerprint density at radius 3 is 2.68 bits per heavy atom. The number of hydrogen-bond acceptors (Lipinski definition) is 6. The first-order chi connectivity index (χ1) is 18.4. The second kappa shape index (κ2) is 11.2. The molecule has 5 rings (SSSR count). The third-order valence-electron chi connectivity index (χ3n) is 7.00. The molecule has 2 aromatic heterocycles. The van der Waals surface area contributed by atoms with Gasteiger partial charge in [0, 0.05) is 29.5 Å². The number of pyridine rings is 1. The number of benzene rings is 2. The number of sulfonamides is 1. The van der Waals surface area contributed by atoms with Gasteiger partial charge in [0.1, 0.15) is 10.6 Å². The van der Waals surface area contributed by atoms with E-state index >= 15 is 0 Å². The molecular weight excluding hydrogens is 518 g/mol. The van der Waals surface area contributed by atoms with E-state index in [1.54, 1.807) is 42.8 Å². The van der Waals surface area contributed by atoms with E-state index < -0.39 is 10.0 Å². The van der Waals surface area contributed by atoms with Crippen molar-refractivity contribution in [2.24, 2.45) is 0 Å². The quantitative estimate of drug-likeness (QED) is 0.284. The molecule has 1 amide bonds. The van der Waals surface area contributed by atoms with Crippen molar-refractivity contribution >= 4 is 38.2 Å². The van der Waals surface area contributed by atoms with Crippen LogP contribution in [0.1, 0.15) is 41.8 Å². The van der Waals surface area contributed by atoms with Crippen molar-refractivity contribution in [2.45, 2.75) is 37.1 Å². The zero-order valence-corrected chi connectivity index (χ0v) is 23.2. The molecule has 7 nitrogen and oxygen atoms in total. The third-order valence-corrected chi connectivity index (χ3v) is 9.88. The molecule has 1 atom stereocenters. The number of methoxy groups -OCH3 is 1. The minimum absolute atomic E-state index is 0.130. The predicted molar refractivity (Wildman–Crippen MR) is 150 cm³/mol. The molecule has 3 heterocycles. The molecule has 1 unspecified atom stereocenters. The molecule has 1 aliphatic rings. The Morgan fingerprint density at radius 1 is 1.13 bits per heavy atom. The number of carbonyl (C=O) groups is 1. The molecule has 0 aliphatic carbocycles. The zero-order chi connectivity index (χ0) is 26.7. The average molecular weight is 550 g/mol. The van der Waals surface area contributed by atoms with E-state index in [0.29, 0.717) is 18.5 Å². The number of nitrogens with zero attached hydrogens (tertiary/aromatic N) is 3. The second-order valence-electron chi connectivity index (χ2n) is 9.34. The van der Waals surface area contributed by atoms with Gasteiger partial charge < -0.3 is 9.64 Å². The van der Waals surface area contributed by atoms with Gasteiger partial charge in [-0.25, -0.2) is 8.42 Å². The van der Waals surface area contributed by atoms with Crippen molar-refractivity contribution in [2.75, 3.05) is 26.7 Å². The summed E-state index contributed by atoms with van der Waals surface area (Å²) < 4.78 is 34.6. The fraction of sp³-hybridized carbons (Fsp3) is 0.310. The van der Waals surface area contributed by atoms with Crippen molar-refractivity contribution in [1.82, 2.24) is 14.2 Å². The summed E-state index contributed by atoms with van der Waals surface area (Å²) in [6.45, 7) is 2.57. The smallest absolute Gasteiger partial charge is 0.245 e. The van der Waals surface area contributed by atoms with Gasteiger partial charge in [0.15, 0.2) is 0 Å². The number of amides is 1. The number of ether oxygens (including phenoxy) is 1. The number of unbranched alkanes of at least 4 members (excludes halogenated alkanes) is 1. The lowest BCUT2D eigenvalue weighted by molar-refractivity contribution is -0.133. The summed E-state index contributed by atoms with van der Waals surface area (Å²) in [7, 11) is -2.34. The van der Waals surface area contributed by atoms with E-state index in [1.165, 1.54) is 9.18 Å². The normalized spacial score (nSPS) is 15.6. The summed E-state index contributed by atoms with van der Waals surface area (Å²) in [5.41, 5.74) is 2.49. The summed E-state index contributed by atoms with van der Waals surface area (Å²) in [6, 6.07) is 18.3. The van der Waals surface area contributed by atoms with Crippen LogP contribution in [0.5, 0.6) is 5.75 Å². The van der Waals surface area contributed by atoms with Crippen molar-refractivity contribution in [3.63, 3.8) is 0 Å². The van der Waals surface area contributed by atoms with Gasteiger partial charge in [-0.15, -0.1) is 11.3 Å². The Labute approximate surface area is 227 Å². The third kappa shape index (κ3) is 5.06. The second-order valence-corrected chi connectivity index (χ2v) is 12.2. The fourth-order valence-corrected chi connectivity index (χ4v) is 7.51. The Morgan fingerprint density at radius 2 is 1.92 bits per heavy atom. The van der Waals surface area contributed by atoms with Gasteiger partial charge in [-0.05, 0) is 59.7 Å². The first-order valence-corrected chi connectivity index (χ1v) is 15.1. The molecule has 1 aliphatic heterocycles. The van der Waals surface area contributed by atoms with Crippen LogP contribution in [0.2, 0.25) is 0 Å². The number of carbonyl (C=O) groups excluding carboxylic acids is 1. The Hall–Kier alpha value is -3.27. The number of fused-ring (bicyclic) bond motifs is 2. The molecular formula is C29H31N3O4S2. The number of para-hydroxylation sites is 1. The van der Waals surface area contributed by atoms with Crippen LogP contribution in [0.4, 0.5) is 0 Å². The highest BCUT2D eigenvalue weighted by Crippen LogP contribution is 2.38. The summed E-state index contributed by atoms with van der Waals surface area (Å²) in [5, 5.41) is 2.80. The van der Waals surface area contributed by atoms with E-state index in [1.807, 2.05) is 48.2 Å². The van der Waals surface area contributed by atoms with Crippen LogP contribution in [-0.2, 0) is 21.2 Å². The molecule has 38 heavy (non-hydrogen) atoms. The van der Waals surface area contributed by atoms with Crippen molar-refractivity contribution in [3.8, 4) is 5.75 Å². The maximum atomic E-state index is 14.0. The van der Waals surface area contributed by atoms with Crippen molar-refractivity contribution in [3.05, 3.63) is 88.2 Å². The van der Waals surface area contributed by atoms with Crippen LogP contribution in [-0.4, -0.2) is 55.3 Å². The van der Waals surface area contributed by atoms with E-state index in [9.17, 15) is 13.2 Å². The van der Waals surface area contributed by atoms with Crippen LogP contribution in [0.15, 0.2) is 77.1 Å². The van der Waals surface area contributed by atoms with Gasteiger partial charge >= 0.3 is 0 Å². The monoisotopic (exact) mass is 549 g/mol. The van der Waals surface area contributed by atoms with Gasteiger partial charge in [0.05, 0.1) is 25.2 Å². The fourth-order valence-electron chi connectivity index (χ4n) is 5.01. The Bertz CT molecular complexity index is 1530. The summed E-state index contributed by atoms with van der Waals surface area (Å²) in [6.07, 6.45) is 3.81. The SMILES string of the molecule is CCCCN(CC(=O)N1CCc2sccc2C1c1ccc(OC)cc1)S(=O)(=O)c1cccc2cccnc12. The van der Waals surface area contributed by atoms with E-state index in [2.05, 4.69) is 16.4 Å². The van der Waals surface area contributed by atoms with Gasteiger partial charge in [-0.1, -0.05) is 43.7 Å². The maximum absolute atomic E-state index is 14.0. The zero-order valence-electron chi connectivity index (χ0n) is 21.5. The molecule has 0 saturated heterocycles. The molecule has 0 saturated carbocycles. The largest absolute Gasteiger partial charge is 0.497 e. The molecule has 0 fully saturated rings. The van der Waals surface area contributed by atoms with Gasteiger partial charge in [-0.2, -0.15) is 4.31 Å². The van der Waals surface area contributed by atoms with Gasteiger partial charge in [0.2, 0.25) is 15.9 Å². The van der Waals surface area contributed by atoms with E-state index in [4.69, 9.17) is 4.74 Å². The predicted octanol–water partition coefficient (Wildman–Crippen LogP) is 5.27. The number of aromatic nitrogens is 1. The number of hydrogen-bond donors (Lipinski definition) is 0. The van der Waals surface area contributed by atoms with E-state index in [-0.39, 0.29) is 29.9 Å². The highest BCUT2D eigenvalue weighted by molar-refractivity contribution is 7.89. The summed E-state index contributed by atoms with van der Waals surface area (Å²) in [5.74, 6) is 0.532. The summed E-state index contributed by atoms with van der Waals surface area (Å²) >= 11 is 1.70. The van der Waals surface area contributed by atoms with Crippen molar-refractivity contribution < 1.29 is 17.9 Å². The van der Waals surface area contributed by atoms with Crippen LogP contribution in [0.3, 0.4) is 0 Å². The van der Waals surface area contributed by atoms with Gasteiger partial charge in [0.25, 0.3) is 0 Å². The molecule has 198 valence electrons.